The monoisotopic (exact) mass is 408 g/mol. The molecule has 0 spiro atoms. The number of likely N-dealkylation sites (N-methyl/N-ethyl adjacent to an activating group) is 1. The second-order valence-electron chi connectivity index (χ2n) is 7.49. The number of nitrogens with one attached hydrogen (secondary N) is 3. The third-order valence-electron chi connectivity index (χ3n) is 5.32. The SMILES string of the molecule is C[NH+]1CCN(c2nc(NCCNc3ccc([N+](=O)[O-])cc3)c3ccccc3n2)CC1. The van der Waals surface area contributed by atoms with Gasteiger partial charge in [0.1, 0.15) is 5.82 Å². The molecule has 1 aliphatic heterocycles. The van der Waals surface area contributed by atoms with E-state index in [1.807, 2.05) is 24.3 Å². The Balaban J connectivity index is 1.43. The molecule has 0 aliphatic carbocycles. The summed E-state index contributed by atoms with van der Waals surface area (Å²) in [7, 11) is 2.21. The highest BCUT2D eigenvalue weighted by Crippen LogP contribution is 2.23. The molecule has 0 radical (unpaired) electrons. The zero-order valence-electron chi connectivity index (χ0n) is 17.0. The zero-order chi connectivity index (χ0) is 20.9. The van der Waals surface area contributed by atoms with Gasteiger partial charge in [0.25, 0.3) is 5.69 Å². The number of nitro groups is 1. The van der Waals surface area contributed by atoms with E-state index in [1.165, 1.54) is 17.0 Å². The molecule has 1 aliphatic rings. The molecule has 3 aromatic rings. The number of aromatic nitrogens is 2. The minimum atomic E-state index is -0.398. The van der Waals surface area contributed by atoms with Gasteiger partial charge in [-0.05, 0) is 24.3 Å². The lowest BCUT2D eigenvalue weighted by atomic mass is 10.2. The van der Waals surface area contributed by atoms with E-state index in [0.29, 0.717) is 13.1 Å². The van der Waals surface area contributed by atoms with Crippen molar-refractivity contribution in [3.8, 4) is 0 Å². The third-order valence-corrected chi connectivity index (χ3v) is 5.32. The number of fused-ring (bicyclic) bond motifs is 1. The van der Waals surface area contributed by atoms with Crippen LogP contribution in [0.1, 0.15) is 0 Å². The van der Waals surface area contributed by atoms with Crippen LogP contribution in [0.25, 0.3) is 10.9 Å². The Bertz CT molecular complexity index is 1020. The first-order valence-electron chi connectivity index (χ1n) is 10.2. The van der Waals surface area contributed by atoms with E-state index in [2.05, 4.69) is 22.6 Å². The quantitative estimate of drug-likeness (QED) is 0.309. The van der Waals surface area contributed by atoms with E-state index in [4.69, 9.17) is 9.97 Å². The van der Waals surface area contributed by atoms with Crippen molar-refractivity contribution in [2.24, 2.45) is 0 Å². The number of rotatable bonds is 7. The third kappa shape index (κ3) is 4.57. The molecule has 9 heteroatoms. The lowest BCUT2D eigenvalue weighted by Gasteiger charge is -2.30. The molecule has 9 nitrogen and oxygen atoms in total. The Morgan fingerprint density at radius 2 is 1.73 bits per heavy atom. The number of quaternary nitrogens is 1. The maximum atomic E-state index is 10.8. The van der Waals surface area contributed by atoms with Crippen LogP contribution in [0.15, 0.2) is 48.5 Å². The molecule has 1 saturated heterocycles. The summed E-state index contributed by atoms with van der Waals surface area (Å²) in [6, 6.07) is 14.5. The van der Waals surface area contributed by atoms with Crippen LogP contribution in [-0.2, 0) is 0 Å². The van der Waals surface area contributed by atoms with Crippen LogP contribution in [0.2, 0.25) is 0 Å². The van der Waals surface area contributed by atoms with Crippen LogP contribution in [0.5, 0.6) is 0 Å². The van der Waals surface area contributed by atoms with Gasteiger partial charge in [0.05, 0.1) is 43.7 Å². The lowest BCUT2D eigenvalue weighted by molar-refractivity contribution is -0.880. The Labute approximate surface area is 174 Å². The van der Waals surface area contributed by atoms with Crippen molar-refractivity contribution in [3.05, 3.63) is 58.6 Å². The first-order valence-corrected chi connectivity index (χ1v) is 10.2. The van der Waals surface area contributed by atoms with Crippen LogP contribution in [0.3, 0.4) is 0 Å². The highest BCUT2D eigenvalue weighted by Gasteiger charge is 2.20. The second kappa shape index (κ2) is 8.91. The smallest absolute Gasteiger partial charge is 0.269 e. The molecule has 0 atom stereocenters. The van der Waals surface area contributed by atoms with Crippen LogP contribution in [0, 0.1) is 10.1 Å². The number of para-hydroxylation sites is 1. The number of anilines is 3. The molecule has 3 N–H and O–H groups in total. The number of hydrogen-bond donors (Lipinski definition) is 3. The summed E-state index contributed by atoms with van der Waals surface area (Å²) in [5, 5.41) is 18.4. The summed E-state index contributed by atoms with van der Waals surface area (Å²) in [6.45, 7) is 5.38. The number of hydrogen-bond acceptors (Lipinski definition) is 7. The molecule has 1 aromatic heterocycles. The molecule has 156 valence electrons. The fraction of sp³-hybridized carbons (Fsp3) is 0.333. The standard InChI is InChI=1S/C21H25N7O2/c1-26-12-14-27(15-13-26)21-24-19-5-3-2-4-18(19)20(25-21)23-11-10-22-16-6-8-17(9-7-16)28(29)30/h2-9,22H,10-15H2,1H3,(H,23,24,25)/p+1. The fourth-order valence-corrected chi connectivity index (χ4v) is 3.52. The Kier molecular flexibility index (Phi) is 5.89. The molecule has 1 fully saturated rings. The molecule has 0 unspecified atom stereocenters. The highest BCUT2D eigenvalue weighted by atomic mass is 16.6. The molecule has 2 heterocycles. The van der Waals surface area contributed by atoms with Gasteiger partial charge in [-0.25, -0.2) is 4.98 Å². The predicted octanol–water partition coefficient (Wildman–Crippen LogP) is 1.40. The average Bonchev–Trinajstić information content (AvgIpc) is 2.77. The van der Waals surface area contributed by atoms with Gasteiger partial charge < -0.3 is 20.4 Å². The molecular weight excluding hydrogens is 382 g/mol. The van der Waals surface area contributed by atoms with Gasteiger partial charge in [0, 0.05) is 36.3 Å². The van der Waals surface area contributed by atoms with E-state index in [1.54, 1.807) is 12.1 Å². The Morgan fingerprint density at radius 3 is 2.47 bits per heavy atom. The van der Waals surface area contributed by atoms with Crippen molar-refractivity contribution in [3.63, 3.8) is 0 Å². The largest absolute Gasteiger partial charge is 0.383 e. The van der Waals surface area contributed by atoms with E-state index >= 15 is 0 Å². The van der Waals surface area contributed by atoms with Crippen LogP contribution < -0.4 is 20.4 Å². The molecule has 30 heavy (non-hydrogen) atoms. The summed E-state index contributed by atoms with van der Waals surface area (Å²) in [5.74, 6) is 1.60. The topological polar surface area (TPSA) is 101 Å². The summed E-state index contributed by atoms with van der Waals surface area (Å²) in [4.78, 5) is 23.7. The number of non-ortho nitro benzene ring substituents is 1. The van der Waals surface area contributed by atoms with Crippen molar-refractivity contribution in [2.45, 2.75) is 0 Å². The van der Waals surface area contributed by atoms with Gasteiger partial charge in [0.15, 0.2) is 0 Å². The van der Waals surface area contributed by atoms with Crippen molar-refractivity contribution in [1.29, 1.82) is 0 Å². The van der Waals surface area contributed by atoms with Gasteiger partial charge in [-0.1, -0.05) is 12.1 Å². The molecule has 0 amide bonds. The van der Waals surface area contributed by atoms with E-state index < -0.39 is 4.92 Å². The fourth-order valence-electron chi connectivity index (χ4n) is 3.52. The van der Waals surface area contributed by atoms with E-state index in [9.17, 15) is 10.1 Å². The number of benzene rings is 2. The normalized spacial score (nSPS) is 14.6. The second-order valence-corrected chi connectivity index (χ2v) is 7.49. The summed E-state index contributed by atoms with van der Waals surface area (Å²) < 4.78 is 0. The maximum absolute atomic E-state index is 10.8. The van der Waals surface area contributed by atoms with Crippen molar-refractivity contribution in [2.75, 3.05) is 61.8 Å². The van der Waals surface area contributed by atoms with Crippen LogP contribution in [-0.4, -0.2) is 61.2 Å². The van der Waals surface area contributed by atoms with Crippen LogP contribution in [0.4, 0.5) is 23.1 Å². The summed E-state index contributed by atoms with van der Waals surface area (Å²) in [6.07, 6.45) is 0. The highest BCUT2D eigenvalue weighted by molar-refractivity contribution is 5.90. The molecule has 2 aromatic carbocycles. The van der Waals surface area contributed by atoms with Gasteiger partial charge in [-0.2, -0.15) is 4.98 Å². The molecule has 0 bridgehead atoms. The molecular formula is C21H26N7O2+. The summed E-state index contributed by atoms with van der Waals surface area (Å²) >= 11 is 0. The molecule has 4 rings (SSSR count). The Morgan fingerprint density at radius 1 is 1.03 bits per heavy atom. The number of nitrogens with zero attached hydrogens (tertiary/aromatic N) is 4. The van der Waals surface area contributed by atoms with Gasteiger partial charge >= 0.3 is 0 Å². The number of piperazine rings is 1. The van der Waals surface area contributed by atoms with Gasteiger partial charge in [0.2, 0.25) is 5.95 Å². The summed E-state index contributed by atoms with van der Waals surface area (Å²) in [5.41, 5.74) is 1.86. The van der Waals surface area contributed by atoms with Gasteiger partial charge in [-0.15, -0.1) is 0 Å². The van der Waals surface area contributed by atoms with Crippen molar-refractivity contribution >= 4 is 34.0 Å². The molecule has 0 saturated carbocycles. The number of nitro benzene ring substituents is 1. The van der Waals surface area contributed by atoms with Crippen molar-refractivity contribution < 1.29 is 9.82 Å². The minimum absolute atomic E-state index is 0.0872. The minimum Gasteiger partial charge on any atom is -0.383 e. The average molecular weight is 408 g/mol. The first-order chi connectivity index (χ1) is 14.6. The first kappa shape index (κ1) is 19.8. The van der Waals surface area contributed by atoms with E-state index in [0.717, 1.165) is 54.5 Å². The van der Waals surface area contributed by atoms with Gasteiger partial charge in [-0.3, -0.25) is 10.1 Å². The van der Waals surface area contributed by atoms with Crippen LogP contribution >= 0.6 is 0 Å². The van der Waals surface area contributed by atoms with Crippen molar-refractivity contribution in [1.82, 2.24) is 9.97 Å². The zero-order valence-corrected chi connectivity index (χ0v) is 17.0. The maximum Gasteiger partial charge on any atom is 0.269 e. The van der Waals surface area contributed by atoms with E-state index in [-0.39, 0.29) is 5.69 Å². The lowest BCUT2D eigenvalue weighted by Crippen LogP contribution is -3.12. The Hall–Kier alpha value is -3.46. The predicted molar refractivity (Wildman–Crippen MR) is 118 cm³/mol.